The zero-order valence-corrected chi connectivity index (χ0v) is 27.2. The van der Waals surface area contributed by atoms with Gasteiger partial charge in [0.05, 0.1) is 27.3 Å². The molecule has 0 aliphatic heterocycles. The van der Waals surface area contributed by atoms with Crippen LogP contribution in [0.2, 0.25) is 0 Å². The second-order valence-corrected chi connectivity index (χ2v) is 14.1. The Labute approximate surface area is 284 Å². The third-order valence-electron chi connectivity index (χ3n) is 9.09. The first-order valence-electron chi connectivity index (χ1n) is 15.9. The second-order valence-electron chi connectivity index (χ2n) is 12.0. The van der Waals surface area contributed by atoms with Crippen molar-refractivity contribution in [1.82, 2.24) is 15.0 Å². The molecule has 48 heavy (non-hydrogen) atoms. The molecule has 4 aromatic heterocycles. The van der Waals surface area contributed by atoms with Crippen LogP contribution in [-0.2, 0) is 0 Å². The minimum absolute atomic E-state index is 0.715. The van der Waals surface area contributed by atoms with Gasteiger partial charge in [0, 0.05) is 63.3 Å². The highest BCUT2D eigenvalue weighted by Crippen LogP contribution is 2.44. The molecule has 10 rings (SSSR count). The average molecular weight is 648 g/mol. The number of nitrogens with zero attached hydrogens (tertiary/aromatic N) is 3. The summed E-state index contributed by atoms with van der Waals surface area (Å²) in [6, 6.07) is 53.4. The summed E-state index contributed by atoms with van der Waals surface area (Å²) in [6.45, 7) is 0. The highest BCUT2D eigenvalue weighted by Gasteiger charge is 2.19. The van der Waals surface area contributed by atoms with Gasteiger partial charge in [-0.05, 0) is 36.4 Å². The van der Waals surface area contributed by atoms with Crippen LogP contribution in [-0.4, -0.2) is 15.0 Å². The molecule has 0 N–H and O–H groups in total. The highest BCUT2D eigenvalue weighted by atomic mass is 32.1. The first-order valence-corrected chi connectivity index (χ1v) is 17.6. The minimum atomic E-state index is 0.715. The number of fused-ring (bicyclic) bond motifs is 8. The van der Waals surface area contributed by atoms with E-state index < -0.39 is 0 Å². The standard InChI is InChI=1S/C43H25N3S2/c1-3-12-26(13-4-1)35-25-36(32-19-11-18-30-29-16-8-10-21-37(29)47-41(30)32)46-43(45-35)28-22-23-38-33(24-28)39-31-17-7-9-20-34(31)44-40(42(39)48-38)27-14-5-2-6-15-27/h1-25H. The summed E-state index contributed by atoms with van der Waals surface area (Å²) < 4.78 is 4.94. The van der Waals surface area contributed by atoms with Gasteiger partial charge in [0.15, 0.2) is 5.82 Å². The van der Waals surface area contributed by atoms with Crippen molar-refractivity contribution in [3.05, 3.63) is 152 Å². The maximum atomic E-state index is 5.31. The van der Waals surface area contributed by atoms with E-state index >= 15 is 0 Å². The molecular weight excluding hydrogens is 623 g/mol. The van der Waals surface area contributed by atoms with E-state index in [0.717, 1.165) is 50.2 Å². The molecule has 0 aliphatic carbocycles. The lowest BCUT2D eigenvalue weighted by Gasteiger charge is -2.10. The SMILES string of the molecule is c1ccc(-c2cc(-c3cccc4c3sc3ccccc34)nc(-c3ccc4sc5c(-c6ccccc6)nc6ccccc6c5c4c3)n2)cc1. The number of hydrogen-bond acceptors (Lipinski definition) is 5. The van der Waals surface area contributed by atoms with E-state index in [-0.39, 0.29) is 0 Å². The maximum Gasteiger partial charge on any atom is 0.160 e. The Morgan fingerprint density at radius 1 is 0.396 bits per heavy atom. The van der Waals surface area contributed by atoms with Crippen LogP contribution in [0.25, 0.3) is 96.4 Å². The monoisotopic (exact) mass is 647 g/mol. The van der Waals surface area contributed by atoms with E-state index in [1.807, 2.05) is 17.4 Å². The van der Waals surface area contributed by atoms with Crippen LogP contribution < -0.4 is 0 Å². The topological polar surface area (TPSA) is 38.7 Å². The molecule has 0 atom stereocenters. The quantitative estimate of drug-likeness (QED) is 0.191. The number of hydrogen-bond donors (Lipinski definition) is 0. The van der Waals surface area contributed by atoms with Crippen LogP contribution in [0, 0.1) is 0 Å². The van der Waals surface area contributed by atoms with E-state index in [0.29, 0.717) is 5.82 Å². The van der Waals surface area contributed by atoms with Gasteiger partial charge in [0.1, 0.15) is 0 Å². The largest absolute Gasteiger partial charge is 0.246 e. The smallest absolute Gasteiger partial charge is 0.160 e. The minimum Gasteiger partial charge on any atom is -0.246 e. The van der Waals surface area contributed by atoms with Gasteiger partial charge in [-0.1, -0.05) is 115 Å². The van der Waals surface area contributed by atoms with Gasteiger partial charge in [-0.25, -0.2) is 15.0 Å². The fourth-order valence-electron chi connectivity index (χ4n) is 6.84. The zero-order valence-electron chi connectivity index (χ0n) is 25.6. The lowest BCUT2D eigenvalue weighted by molar-refractivity contribution is 1.19. The third kappa shape index (κ3) is 4.36. The van der Waals surface area contributed by atoms with Gasteiger partial charge in [-0.15, -0.1) is 22.7 Å². The Balaban J connectivity index is 1.23. The highest BCUT2D eigenvalue weighted by molar-refractivity contribution is 7.26. The van der Waals surface area contributed by atoms with E-state index in [1.54, 1.807) is 11.3 Å². The van der Waals surface area contributed by atoms with E-state index in [2.05, 4.69) is 146 Å². The molecule has 0 saturated carbocycles. The molecular formula is C43H25N3S2. The predicted molar refractivity (Wildman–Crippen MR) is 205 cm³/mol. The van der Waals surface area contributed by atoms with Crippen LogP contribution in [0.1, 0.15) is 0 Å². The summed E-state index contributed by atoms with van der Waals surface area (Å²) in [4.78, 5) is 15.7. The molecule has 4 heterocycles. The van der Waals surface area contributed by atoms with Gasteiger partial charge in [0.2, 0.25) is 0 Å². The Hall–Kier alpha value is -5.75. The van der Waals surface area contributed by atoms with Gasteiger partial charge in [0.25, 0.3) is 0 Å². The van der Waals surface area contributed by atoms with Gasteiger partial charge in [-0.2, -0.15) is 0 Å². The van der Waals surface area contributed by atoms with E-state index in [4.69, 9.17) is 15.0 Å². The first-order chi connectivity index (χ1) is 23.8. The number of rotatable bonds is 4. The van der Waals surface area contributed by atoms with Crippen molar-refractivity contribution in [3.63, 3.8) is 0 Å². The van der Waals surface area contributed by atoms with Crippen LogP contribution in [0.4, 0.5) is 0 Å². The summed E-state index contributed by atoms with van der Waals surface area (Å²) in [5.74, 6) is 0.715. The third-order valence-corrected chi connectivity index (χ3v) is 11.5. The Kier molecular flexibility index (Phi) is 6.22. The molecule has 0 bridgehead atoms. The predicted octanol–water partition coefficient (Wildman–Crippen LogP) is 12.4. The van der Waals surface area contributed by atoms with Crippen molar-refractivity contribution < 1.29 is 0 Å². The van der Waals surface area contributed by atoms with Gasteiger partial charge in [-0.3, -0.25) is 0 Å². The Bertz CT molecular complexity index is 2840. The molecule has 0 saturated heterocycles. The number of para-hydroxylation sites is 1. The molecule has 0 aliphatic rings. The number of aromatic nitrogens is 3. The van der Waals surface area contributed by atoms with Crippen LogP contribution >= 0.6 is 22.7 Å². The van der Waals surface area contributed by atoms with Crippen molar-refractivity contribution in [2.24, 2.45) is 0 Å². The lowest BCUT2D eigenvalue weighted by Crippen LogP contribution is -1.96. The van der Waals surface area contributed by atoms with Crippen molar-refractivity contribution in [1.29, 1.82) is 0 Å². The van der Waals surface area contributed by atoms with Crippen molar-refractivity contribution >= 4 is 73.9 Å². The molecule has 0 radical (unpaired) electrons. The molecule has 6 aromatic carbocycles. The van der Waals surface area contributed by atoms with E-state index in [9.17, 15) is 0 Å². The van der Waals surface area contributed by atoms with Crippen LogP contribution in [0.15, 0.2) is 152 Å². The number of pyridine rings is 1. The first kappa shape index (κ1) is 27.4. The van der Waals surface area contributed by atoms with Crippen molar-refractivity contribution in [2.75, 3.05) is 0 Å². The number of benzene rings is 6. The second kappa shape index (κ2) is 10.9. The Morgan fingerprint density at radius 2 is 1.06 bits per heavy atom. The normalized spacial score (nSPS) is 11.8. The summed E-state index contributed by atoms with van der Waals surface area (Å²) >= 11 is 3.63. The van der Waals surface area contributed by atoms with E-state index in [1.165, 1.54) is 40.3 Å². The van der Waals surface area contributed by atoms with Gasteiger partial charge < -0.3 is 0 Å². The molecule has 10 aromatic rings. The fraction of sp³-hybridized carbons (Fsp3) is 0. The van der Waals surface area contributed by atoms with Crippen LogP contribution in [0.3, 0.4) is 0 Å². The zero-order chi connectivity index (χ0) is 31.6. The van der Waals surface area contributed by atoms with Crippen molar-refractivity contribution in [2.45, 2.75) is 0 Å². The molecule has 0 unspecified atom stereocenters. The maximum absolute atomic E-state index is 5.31. The summed E-state index contributed by atoms with van der Waals surface area (Å²) in [5.41, 5.74) is 8.16. The van der Waals surface area contributed by atoms with Crippen LogP contribution in [0.5, 0.6) is 0 Å². The summed E-state index contributed by atoms with van der Waals surface area (Å²) in [5, 5.41) is 6.13. The lowest BCUT2D eigenvalue weighted by atomic mass is 10.0. The molecule has 5 heteroatoms. The molecule has 224 valence electrons. The molecule has 3 nitrogen and oxygen atoms in total. The van der Waals surface area contributed by atoms with Gasteiger partial charge >= 0.3 is 0 Å². The van der Waals surface area contributed by atoms with Crippen molar-refractivity contribution in [3.8, 4) is 45.2 Å². The number of thiophene rings is 2. The average Bonchev–Trinajstić information content (AvgIpc) is 3.74. The summed E-state index contributed by atoms with van der Waals surface area (Å²) in [6.07, 6.45) is 0. The molecule has 0 fully saturated rings. The molecule has 0 amide bonds. The molecule has 0 spiro atoms. The summed E-state index contributed by atoms with van der Waals surface area (Å²) in [7, 11) is 0. The Morgan fingerprint density at radius 3 is 1.92 bits per heavy atom. The fourth-order valence-corrected chi connectivity index (χ4v) is 9.27.